The number of nitrogens with two attached hydrogens (primary N) is 1. The van der Waals surface area contributed by atoms with Gasteiger partial charge in [-0.25, -0.2) is 20.4 Å². The maximum Gasteiger partial charge on any atom is 0.336 e. The molecule has 40 heavy (non-hydrogen) atoms. The first-order valence-corrected chi connectivity index (χ1v) is 13.3. The topological polar surface area (TPSA) is 119 Å². The van der Waals surface area contributed by atoms with E-state index >= 15 is 0 Å². The van der Waals surface area contributed by atoms with Crippen LogP contribution in [0.2, 0.25) is 5.02 Å². The van der Waals surface area contributed by atoms with Crippen LogP contribution in [0.5, 0.6) is 0 Å². The van der Waals surface area contributed by atoms with Crippen molar-refractivity contribution in [2.24, 2.45) is 10.8 Å². The number of hydrogen-bond donors (Lipinski definition) is 2. The molecule has 2 aromatic carbocycles. The average Bonchev–Trinajstić information content (AvgIpc) is 2.94. The van der Waals surface area contributed by atoms with Gasteiger partial charge in [-0.15, -0.1) is 0 Å². The highest BCUT2D eigenvalue weighted by atomic mass is 35.5. The van der Waals surface area contributed by atoms with E-state index in [1.165, 1.54) is 7.11 Å². The molecule has 0 saturated heterocycles. The quantitative estimate of drug-likeness (QED) is 0.251. The molecule has 3 N–H and O–H groups in total. The molecule has 0 amide bonds. The van der Waals surface area contributed by atoms with Crippen molar-refractivity contribution in [3.63, 3.8) is 0 Å². The summed E-state index contributed by atoms with van der Waals surface area (Å²) in [6.45, 7) is 4.53. The smallest absolute Gasteiger partial charge is 0.336 e. The third kappa shape index (κ3) is 6.20. The molecule has 10 nitrogen and oxygen atoms in total. The number of methoxy groups -OCH3 is 1. The molecule has 0 fully saturated rings. The van der Waals surface area contributed by atoms with Crippen molar-refractivity contribution in [3.05, 3.63) is 92.2 Å². The van der Waals surface area contributed by atoms with E-state index in [9.17, 15) is 9.59 Å². The summed E-state index contributed by atoms with van der Waals surface area (Å²) >= 11 is 6.56. The second-order valence-electron chi connectivity index (χ2n) is 9.37. The fraction of sp³-hybridized carbons (Fsp3) is 0.345. The van der Waals surface area contributed by atoms with Crippen molar-refractivity contribution in [2.45, 2.75) is 26.1 Å². The lowest BCUT2D eigenvalue weighted by molar-refractivity contribution is -0.139. The summed E-state index contributed by atoms with van der Waals surface area (Å²) in [6, 6.07) is 14.9. The van der Waals surface area contributed by atoms with E-state index in [1.54, 1.807) is 43.1 Å². The van der Waals surface area contributed by atoms with Crippen LogP contribution in [-0.2, 0) is 23.8 Å². The summed E-state index contributed by atoms with van der Waals surface area (Å²) in [5.74, 6) is 4.28. The standard InChI is InChI=1S/C29H34ClN5O5/c1-5-40-28(37)26-23(32-18(2)24(27(36)38-4)25(26)20-11-7-8-12-21(20)30)17-39-15-14-34(3)29-33-22-13-9-6-10-19(22)16-35(29)31/h6-13,16,25,29,32H,5,14-15,17,31H2,1-4H3. The summed E-state index contributed by atoms with van der Waals surface area (Å²) in [6.07, 6.45) is 1.47. The Balaban J connectivity index is 1.56. The lowest BCUT2D eigenvalue weighted by Crippen LogP contribution is -2.53. The lowest BCUT2D eigenvalue weighted by atomic mass is 9.80. The van der Waals surface area contributed by atoms with Gasteiger partial charge in [-0.1, -0.05) is 48.0 Å². The van der Waals surface area contributed by atoms with Crippen molar-refractivity contribution in [2.75, 3.05) is 40.5 Å². The molecule has 0 bridgehead atoms. The van der Waals surface area contributed by atoms with Crippen LogP contribution in [0.1, 0.15) is 25.3 Å². The minimum absolute atomic E-state index is 0.0673. The molecule has 0 aromatic heterocycles. The molecule has 4 rings (SSSR count). The van der Waals surface area contributed by atoms with Gasteiger partial charge in [0.15, 0.2) is 6.29 Å². The van der Waals surface area contributed by atoms with Crippen molar-refractivity contribution < 1.29 is 23.8 Å². The Morgan fingerprint density at radius 1 is 1.12 bits per heavy atom. The van der Waals surface area contributed by atoms with E-state index in [-0.39, 0.29) is 24.4 Å². The number of fused-ring (bicyclic) bond motifs is 1. The van der Waals surface area contributed by atoms with Crippen LogP contribution in [0.25, 0.3) is 6.20 Å². The maximum absolute atomic E-state index is 13.3. The van der Waals surface area contributed by atoms with Gasteiger partial charge in [0.1, 0.15) is 0 Å². The molecule has 2 atom stereocenters. The number of nitrogens with one attached hydrogen (secondary N) is 1. The number of esters is 2. The molecule has 212 valence electrons. The van der Waals surface area contributed by atoms with E-state index in [0.717, 1.165) is 10.6 Å². The number of halogens is 1. The zero-order valence-corrected chi connectivity index (χ0v) is 23.8. The average molecular weight is 568 g/mol. The zero-order valence-electron chi connectivity index (χ0n) is 23.0. The third-order valence-electron chi connectivity index (χ3n) is 6.74. The predicted molar refractivity (Wildman–Crippen MR) is 151 cm³/mol. The summed E-state index contributed by atoms with van der Waals surface area (Å²) in [7, 11) is 3.21. The Morgan fingerprint density at radius 3 is 2.58 bits per heavy atom. The second kappa shape index (κ2) is 13.1. The molecule has 2 heterocycles. The number of carbonyl (C=O) groups is 2. The van der Waals surface area contributed by atoms with Gasteiger partial charge in [0.05, 0.1) is 55.0 Å². The summed E-state index contributed by atoms with van der Waals surface area (Å²) in [5, 5.41) is 6.97. The van der Waals surface area contributed by atoms with Crippen LogP contribution in [0.15, 0.2) is 76.1 Å². The highest BCUT2D eigenvalue weighted by molar-refractivity contribution is 6.31. The second-order valence-corrected chi connectivity index (χ2v) is 9.77. The number of carbonyl (C=O) groups excluding carboxylic acids is 2. The molecule has 2 aromatic rings. The molecule has 0 aliphatic carbocycles. The minimum Gasteiger partial charge on any atom is -0.466 e. The number of likely N-dealkylation sites (N-methyl/N-ethyl adjacent to an activating group) is 1. The van der Waals surface area contributed by atoms with E-state index in [0.29, 0.717) is 35.1 Å². The lowest BCUT2D eigenvalue weighted by Gasteiger charge is -2.33. The van der Waals surface area contributed by atoms with Gasteiger partial charge in [-0.2, -0.15) is 0 Å². The number of ether oxygens (including phenoxy) is 3. The summed E-state index contributed by atoms with van der Waals surface area (Å²) in [5.41, 5.74) is 2.14. The molecule has 2 aliphatic heterocycles. The van der Waals surface area contributed by atoms with Gasteiger partial charge in [0.2, 0.25) is 0 Å². The van der Waals surface area contributed by atoms with Crippen molar-refractivity contribution in [1.29, 1.82) is 0 Å². The molecule has 2 unspecified atom stereocenters. The highest BCUT2D eigenvalue weighted by Crippen LogP contribution is 2.41. The number of dihydropyridines is 1. The predicted octanol–water partition coefficient (Wildman–Crippen LogP) is 1.77. The minimum atomic E-state index is -0.801. The normalized spacial score (nSPS) is 18.5. The first kappa shape index (κ1) is 29.3. The fourth-order valence-corrected chi connectivity index (χ4v) is 5.06. The Bertz CT molecular complexity index is 1460. The first-order valence-electron chi connectivity index (χ1n) is 12.9. The van der Waals surface area contributed by atoms with Crippen LogP contribution in [0.4, 0.5) is 0 Å². The van der Waals surface area contributed by atoms with Gasteiger partial charge in [0, 0.05) is 28.7 Å². The highest BCUT2D eigenvalue weighted by Gasteiger charge is 2.39. The molecule has 0 radical (unpaired) electrons. The zero-order chi connectivity index (χ0) is 28.8. The number of hydrazine groups is 1. The van der Waals surface area contributed by atoms with Crippen LogP contribution in [-0.4, -0.2) is 68.7 Å². The number of rotatable bonds is 10. The largest absolute Gasteiger partial charge is 0.466 e. The van der Waals surface area contributed by atoms with Gasteiger partial charge >= 0.3 is 11.9 Å². The summed E-state index contributed by atoms with van der Waals surface area (Å²) < 4.78 is 16.5. The van der Waals surface area contributed by atoms with Crippen LogP contribution >= 0.6 is 11.6 Å². The Labute approximate surface area is 238 Å². The van der Waals surface area contributed by atoms with E-state index in [2.05, 4.69) is 5.32 Å². The Kier molecular flexibility index (Phi) is 9.59. The fourth-order valence-electron chi connectivity index (χ4n) is 4.82. The molecular formula is C29H34ClN5O5. The Hall–Kier alpha value is -3.70. The molecule has 0 saturated carbocycles. The van der Waals surface area contributed by atoms with E-state index in [1.807, 2.05) is 42.4 Å². The summed E-state index contributed by atoms with van der Waals surface area (Å²) in [4.78, 5) is 32.9. The Morgan fingerprint density at radius 2 is 1.85 bits per heavy atom. The number of hydrogen-bond acceptors (Lipinski definition) is 10. The molecule has 0 spiro atoms. The van der Waals surface area contributed by atoms with Gasteiger partial charge in [-0.3, -0.25) is 9.91 Å². The van der Waals surface area contributed by atoms with Crippen LogP contribution in [0.3, 0.4) is 0 Å². The number of nitrogens with zero attached hydrogens (tertiary/aromatic N) is 3. The van der Waals surface area contributed by atoms with Crippen molar-refractivity contribution in [1.82, 2.24) is 15.2 Å². The molecule has 2 aliphatic rings. The van der Waals surface area contributed by atoms with Gasteiger partial charge in [0.25, 0.3) is 0 Å². The van der Waals surface area contributed by atoms with Crippen molar-refractivity contribution in [3.8, 4) is 0 Å². The van der Waals surface area contributed by atoms with Crippen LogP contribution in [0, 0.1) is 0 Å². The van der Waals surface area contributed by atoms with Crippen molar-refractivity contribution >= 4 is 29.7 Å². The molecular weight excluding hydrogens is 534 g/mol. The number of benzene rings is 2. The monoisotopic (exact) mass is 567 g/mol. The number of para-hydroxylation sites is 1. The maximum atomic E-state index is 13.3. The SMILES string of the molecule is CCOC(=O)C1=C(COCCN(C)C2N=c3ccccc3=CN2N)NC(C)=C(C(=O)OC)C1c1ccccc1Cl. The number of allylic oxidation sites excluding steroid dienone is 1. The van der Waals surface area contributed by atoms with Crippen LogP contribution < -0.4 is 21.7 Å². The third-order valence-corrected chi connectivity index (χ3v) is 7.08. The molecule has 11 heteroatoms. The van der Waals surface area contributed by atoms with E-state index in [4.69, 9.17) is 36.6 Å². The van der Waals surface area contributed by atoms with E-state index < -0.39 is 24.1 Å². The van der Waals surface area contributed by atoms with Gasteiger partial charge in [-0.05, 0) is 38.6 Å². The first-order chi connectivity index (χ1) is 19.3. The van der Waals surface area contributed by atoms with Gasteiger partial charge < -0.3 is 19.5 Å².